The van der Waals surface area contributed by atoms with Crippen LogP contribution in [-0.4, -0.2) is 59.0 Å². The molecule has 0 saturated carbocycles. The molecule has 1 aliphatic heterocycles. The van der Waals surface area contributed by atoms with Crippen molar-refractivity contribution in [1.82, 2.24) is 19.5 Å². The maximum absolute atomic E-state index is 5.64. The maximum atomic E-state index is 5.64. The quantitative estimate of drug-likeness (QED) is 0.786. The molecule has 2 aromatic rings. The van der Waals surface area contributed by atoms with Crippen molar-refractivity contribution in [2.75, 3.05) is 39.5 Å². The van der Waals surface area contributed by atoms with Crippen molar-refractivity contribution in [2.45, 2.75) is 0 Å². The first kappa shape index (κ1) is 11.4. The number of fused-ring (bicyclic) bond motifs is 1. The summed E-state index contributed by atoms with van der Waals surface area (Å²) in [5, 5.41) is 4.31. The zero-order chi connectivity index (χ0) is 12.2. The summed E-state index contributed by atoms with van der Waals surface area (Å²) >= 11 is 0. The monoisotopic (exact) mass is 248 g/mol. The summed E-state index contributed by atoms with van der Waals surface area (Å²) in [5.41, 5.74) is 0.829. The summed E-state index contributed by atoms with van der Waals surface area (Å²) in [6.45, 7) is 5.16. The lowest BCUT2D eigenvalue weighted by Gasteiger charge is -2.26. The molecule has 1 saturated heterocycles. The number of ether oxygens (including phenoxy) is 2. The van der Waals surface area contributed by atoms with Crippen molar-refractivity contribution in [3.05, 3.63) is 24.5 Å². The average molecular weight is 248 g/mol. The fourth-order valence-corrected chi connectivity index (χ4v) is 1.98. The highest BCUT2D eigenvalue weighted by Gasteiger charge is 2.09. The number of nitrogens with zero attached hydrogens (tertiary/aromatic N) is 4. The van der Waals surface area contributed by atoms with Crippen molar-refractivity contribution in [3.63, 3.8) is 0 Å². The highest BCUT2D eigenvalue weighted by atomic mass is 16.5. The number of hydrogen-bond donors (Lipinski definition) is 0. The van der Waals surface area contributed by atoms with Gasteiger partial charge in [-0.15, -0.1) is 5.10 Å². The van der Waals surface area contributed by atoms with Gasteiger partial charge < -0.3 is 9.47 Å². The van der Waals surface area contributed by atoms with Gasteiger partial charge in [0.2, 0.25) is 5.88 Å². The third-order valence-electron chi connectivity index (χ3n) is 2.99. The van der Waals surface area contributed by atoms with Crippen LogP contribution < -0.4 is 4.74 Å². The summed E-state index contributed by atoms with van der Waals surface area (Å²) in [5.74, 6) is 0.633. The molecule has 0 atom stereocenters. The first-order valence-electron chi connectivity index (χ1n) is 6.15. The molecule has 3 rings (SSSR count). The van der Waals surface area contributed by atoms with Crippen molar-refractivity contribution in [2.24, 2.45) is 0 Å². The van der Waals surface area contributed by atoms with Gasteiger partial charge in [-0.05, 0) is 6.07 Å². The van der Waals surface area contributed by atoms with E-state index in [1.165, 1.54) is 0 Å². The number of aromatic nitrogens is 3. The molecule has 96 valence electrons. The predicted octanol–water partition coefficient (Wildman–Crippen LogP) is 0.440. The van der Waals surface area contributed by atoms with Crippen LogP contribution in [0.3, 0.4) is 0 Å². The van der Waals surface area contributed by atoms with E-state index >= 15 is 0 Å². The molecule has 6 heteroatoms. The topological polar surface area (TPSA) is 51.9 Å². The molecular weight excluding hydrogens is 232 g/mol. The van der Waals surface area contributed by atoms with Crippen LogP contribution in [0.15, 0.2) is 24.5 Å². The van der Waals surface area contributed by atoms with E-state index in [1.54, 1.807) is 10.7 Å². The van der Waals surface area contributed by atoms with Crippen LogP contribution in [-0.2, 0) is 4.74 Å². The predicted molar refractivity (Wildman–Crippen MR) is 65.7 cm³/mol. The Kier molecular flexibility index (Phi) is 3.38. The first-order chi connectivity index (χ1) is 8.92. The molecule has 0 bridgehead atoms. The molecule has 3 heterocycles. The standard InChI is InChI=1S/C12H16N4O2/c1-2-12(14-16-4-3-13-11(1)16)18-10-7-15-5-8-17-9-6-15/h1-4H,5-10H2. The molecule has 0 radical (unpaired) electrons. The highest BCUT2D eigenvalue weighted by Crippen LogP contribution is 2.07. The Bertz CT molecular complexity index is 508. The second kappa shape index (κ2) is 5.32. The van der Waals surface area contributed by atoms with E-state index in [1.807, 2.05) is 18.3 Å². The van der Waals surface area contributed by atoms with Crippen molar-refractivity contribution in [3.8, 4) is 5.88 Å². The van der Waals surface area contributed by atoms with Crippen LogP contribution in [0, 0.1) is 0 Å². The molecule has 0 N–H and O–H groups in total. The number of imidazole rings is 1. The van der Waals surface area contributed by atoms with Crippen molar-refractivity contribution >= 4 is 5.65 Å². The summed E-state index contributed by atoms with van der Waals surface area (Å²) in [7, 11) is 0. The molecule has 6 nitrogen and oxygen atoms in total. The summed E-state index contributed by atoms with van der Waals surface area (Å²) < 4.78 is 12.7. The average Bonchev–Trinajstić information content (AvgIpc) is 2.87. The van der Waals surface area contributed by atoms with Crippen LogP contribution in [0.4, 0.5) is 0 Å². The fraction of sp³-hybridized carbons (Fsp3) is 0.500. The van der Waals surface area contributed by atoms with Crippen molar-refractivity contribution in [1.29, 1.82) is 0 Å². The molecule has 1 aliphatic rings. The maximum Gasteiger partial charge on any atom is 0.231 e. The van der Waals surface area contributed by atoms with E-state index in [0.29, 0.717) is 12.5 Å². The summed E-state index contributed by atoms with van der Waals surface area (Å²) in [4.78, 5) is 6.47. The zero-order valence-electron chi connectivity index (χ0n) is 10.2. The molecule has 0 aliphatic carbocycles. The largest absolute Gasteiger partial charge is 0.475 e. The van der Waals surface area contributed by atoms with Crippen LogP contribution >= 0.6 is 0 Å². The van der Waals surface area contributed by atoms with E-state index in [9.17, 15) is 0 Å². The van der Waals surface area contributed by atoms with Crippen LogP contribution in [0.2, 0.25) is 0 Å². The van der Waals surface area contributed by atoms with Crippen molar-refractivity contribution < 1.29 is 9.47 Å². The smallest absolute Gasteiger partial charge is 0.231 e. The van der Waals surface area contributed by atoms with Gasteiger partial charge in [0.1, 0.15) is 6.61 Å². The van der Waals surface area contributed by atoms with E-state index in [0.717, 1.165) is 38.5 Å². The summed E-state index contributed by atoms with van der Waals surface area (Å²) in [6.07, 6.45) is 3.53. The van der Waals surface area contributed by atoms with E-state index in [-0.39, 0.29) is 0 Å². The SMILES string of the molecule is c1cn2nc(OCCN3CCOCC3)ccc2n1. The Morgan fingerprint density at radius 2 is 2.17 bits per heavy atom. The fourth-order valence-electron chi connectivity index (χ4n) is 1.98. The van der Waals surface area contributed by atoms with Gasteiger partial charge in [-0.1, -0.05) is 0 Å². The van der Waals surface area contributed by atoms with Gasteiger partial charge in [-0.2, -0.15) is 0 Å². The van der Waals surface area contributed by atoms with E-state index in [4.69, 9.17) is 9.47 Å². The van der Waals surface area contributed by atoms with Gasteiger partial charge in [0.05, 0.1) is 13.2 Å². The number of morpholine rings is 1. The lowest BCUT2D eigenvalue weighted by Crippen LogP contribution is -2.38. The van der Waals surface area contributed by atoms with Gasteiger partial charge in [-0.3, -0.25) is 4.90 Å². The first-order valence-corrected chi connectivity index (χ1v) is 6.15. The van der Waals surface area contributed by atoms with Gasteiger partial charge in [0.15, 0.2) is 5.65 Å². The van der Waals surface area contributed by atoms with Gasteiger partial charge in [-0.25, -0.2) is 9.50 Å². The Morgan fingerprint density at radius 3 is 3.06 bits per heavy atom. The van der Waals surface area contributed by atoms with E-state index in [2.05, 4.69) is 15.0 Å². The Morgan fingerprint density at radius 1 is 1.28 bits per heavy atom. The lowest BCUT2D eigenvalue weighted by atomic mass is 10.4. The minimum absolute atomic E-state index is 0.633. The molecule has 0 amide bonds. The molecule has 0 unspecified atom stereocenters. The normalized spacial score (nSPS) is 17.1. The third kappa shape index (κ3) is 2.60. The number of hydrogen-bond acceptors (Lipinski definition) is 5. The minimum Gasteiger partial charge on any atom is -0.475 e. The Labute approximate surface area is 105 Å². The zero-order valence-corrected chi connectivity index (χ0v) is 10.2. The van der Waals surface area contributed by atoms with Crippen LogP contribution in [0.25, 0.3) is 5.65 Å². The second-order valence-electron chi connectivity index (χ2n) is 4.20. The van der Waals surface area contributed by atoms with Crippen LogP contribution in [0.1, 0.15) is 0 Å². The van der Waals surface area contributed by atoms with Crippen LogP contribution in [0.5, 0.6) is 5.88 Å². The molecule has 0 spiro atoms. The number of rotatable bonds is 4. The Balaban J connectivity index is 1.52. The Hall–Kier alpha value is -1.66. The molecule has 18 heavy (non-hydrogen) atoms. The van der Waals surface area contributed by atoms with Gasteiger partial charge in [0.25, 0.3) is 0 Å². The lowest BCUT2D eigenvalue weighted by molar-refractivity contribution is 0.0319. The second-order valence-corrected chi connectivity index (χ2v) is 4.20. The van der Waals surface area contributed by atoms with Gasteiger partial charge >= 0.3 is 0 Å². The van der Waals surface area contributed by atoms with Gasteiger partial charge in [0, 0.05) is 38.1 Å². The highest BCUT2D eigenvalue weighted by molar-refractivity contribution is 5.37. The molecule has 2 aromatic heterocycles. The molecular formula is C12H16N4O2. The molecule has 0 aromatic carbocycles. The minimum atomic E-state index is 0.633. The van der Waals surface area contributed by atoms with E-state index < -0.39 is 0 Å². The third-order valence-corrected chi connectivity index (χ3v) is 2.99. The summed E-state index contributed by atoms with van der Waals surface area (Å²) in [6, 6.07) is 3.75. The molecule has 1 fully saturated rings.